The molecule has 0 saturated carbocycles. The highest BCUT2D eigenvalue weighted by atomic mass is 14.2. The van der Waals surface area contributed by atoms with Gasteiger partial charge in [-0.1, -0.05) is 91.0 Å². The Kier molecular flexibility index (Phi) is 2.88. The van der Waals surface area contributed by atoms with E-state index in [4.69, 9.17) is 0 Å². The van der Waals surface area contributed by atoms with Gasteiger partial charge >= 0.3 is 0 Å². The van der Waals surface area contributed by atoms with Gasteiger partial charge in [0.15, 0.2) is 0 Å². The normalized spacial score (nSPS) is 13.8. The van der Waals surface area contributed by atoms with Crippen molar-refractivity contribution < 1.29 is 0 Å². The van der Waals surface area contributed by atoms with Crippen LogP contribution in [0.25, 0.3) is 44.5 Å². The number of fused-ring (bicyclic) bond motifs is 12. The smallest absolute Gasteiger partial charge is 0.00138 e. The van der Waals surface area contributed by atoms with Crippen LogP contribution in [0.2, 0.25) is 0 Å². The van der Waals surface area contributed by atoms with Crippen LogP contribution in [-0.2, 0) is 6.42 Å². The largest absolute Gasteiger partial charge is 0.0801 e. The third-order valence-electron chi connectivity index (χ3n) is 6.64. The van der Waals surface area contributed by atoms with Crippen molar-refractivity contribution in [3.8, 4) is 0 Å². The molecule has 2 aliphatic carbocycles. The Morgan fingerprint density at radius 2 is 1.07 bits per heavy atom. The fourth-order valence-corrected chi connectivity index (χ4v) is 5.46. The Morgan fingerprint density at radius 3 is 1.79 bits per heavy atom. The summed E-state index contributed by atoms with van der Waals surface area (Å²) in [6.45, 7) is 0. The molecule has 0 spiro atoms. The monoisotopic (exact) mass is 366 g/mol. The van der Waals surface area contributed by atoms with E-state index in [0.717, 1.165) is 6.42 Å². The summed E-state index contributed by atoms with van der Waals surface area (Å²) >= 11 is 0. The molecule has 0 fully saturated rings. The first kappa shape index (κ1) is 15.3. The van der Waals surface area contributed by atoms with Crippen molar-refractivity contribution in [3.63, 3.8) is 0 Å². The molecule has 0 unspecified atom stereocenters. The minimum atomic E-state index is 0.999. The van der Waals surface area contributed by atoms with E-state index in [1.807, 2.05) is 0 Å². The minimum Gasteiger partial charge on any atom is -0.0801 e. The zero-order valence-corrected chi connectivity index (χ0v) is 15.9. The van der Waals surface area contributed by atoms with Gasteiger partial charge in [-0.05, 0) is 76.8 Å². The molecule has 0 heteroatoms. The lowest BCUT2D eigenvalue weighted by molar-refractivity contribution is 1.22. The van der Waals surface area contributed by atoms with E-state index >= 15 is 0 Å². The van der Waals surface area contributed by atoms with Gasteiger partial charge in [-0.3, -0.25) is 0 Å². The zero-order chi connectivity index (χ0) is 18.9. The van der Waals surface area contributed by atoms with Crippen LogP contribution in [0.5, 0.6) is 0 Å². The lowest BCUT2D eigenvalue weighted by atomic mass is 9.91. The first-order valence-corrected chi connectivity index (χ1v) is 10.3. The van der Waals surface area contributed by atoms with Crippen molar-refractivity contribution in [3.05, 3.63) is 117 Å². The molecule has 134 valence electrons. The van der Waals surface area contributed by atoms with Gasteiger partial charge in [-0.2, -0.15) is 0 Å². The van der Waals surface area contributed by atoms with Crippen molar-refractivity contribution in [2.75, 3.05) is 0 Å². The van der Waals surface area contributed by atoms with Crippen LogP contribution in [0.15, 0.2) is 84.9 Å². The van der Waals surface area contributed by atoms with Crippen LogP contribution >= 0.6 is 0 Å². The van der Waals surface area contributed by atoms with Gasteiger partial charge in [0.1, 0.15) is 0 Å². The van der Waals surface area contributed by atoms with Crippen LogP contribution < -0.4 is 10.4 Å². The number of hydrogen-bond acceptors (Lipinski definition) is 0. The second kappa shape index (κ2) is 5.46. The first-order chi connectivity index (χ1) is 14.4. The van der Waals surface area contributed by atoms with Crippen LogP contribution in [-0.4, -0.2) is 0 Å². The van der Waals surface area contributed by atoms with Crippen LogP contribution in [0.3, 0.4) is 0 Å². The first-order valence-electron chi connectivity index (χ1n) is 10.3. The fraction of sp³-hybridized carbons (Fsp3) is 0.0345. The Morgan fingerprint density at radius 1 is 0.517 bits per heavy atom. The van der Waals surface area contributed by atoms with Gasteiger partial charge in [0.25, 0.3) is 0 Å². The summed E-state index contributed by atoms with van der Waals surface area (Å²) in [5.41, 5.74) is 2.88. The molecule has 29 heavy (non-hydrogen) atoms. The van der Waals surface area contributed by atoms with Crippen LogP contribution in [0.1, 0.15) is 11.1 Å². The average molecular weight is 366 g/mol. The predicted molar refractivity (Wildman–Crippen MR) is 123 cm³/mol. The third kappa shape index (κ3) is 1.89. The Labute approximate surface area is 168 Å². The fourth-order valence-electron chi connectivity index (χ4n) is 5.46. The summed E-state index contributed by atoms with van der Waals surface area (Å²) in [6.07, 6.45) is 10.2. The predicted octanol–water partition coefficient (Wildman–Crippen LogP) is 5.47. The molecule has 5 aromatic carbocycles. The van der Waals surface area contributed by atoms with Crippen molar-refractivity contribution in [1.82, 2.24) is 0 Å². The van der Waals surface area contributed by atoms with Gasteiger partial charge in [-0.15, -0.1) is 0 Å². The molecule has 5 aromatic rings. The van der Waals surface area contributed by atoms with Crippen molar-refractivity contribution in [2.45, 2.75) is 6.42 Å². The quantitative estimate of drug-likeness (QED) is 0.313. The van der Waals surface area contributed by atoms with E-state index in [1.165, 1.54) is 64.3 Å². The maximum absolute atomic E-state index is 2.46. The van der Waals surface area contributed by atoms with Gasteiger partial charge < -0.3 is 0 Å². The third-order valence-corrected chi connectivity index (χ3v) is 6.64. The molecule has 0 bridgehead atoms. The second-order valence-corrected chi connectivity index (χ2v) is 8.05. The molecule has 0 aliphatic heterocycles. The zero-order valence-electron chi connectivity index (χ0n) is 15.9. The topological polar surface area (TPSA) is 0 Å². The summed E-state index contributed by atoms with van der Waals surface area (Å²) in [7, 11) is 0. The van der Waals surface area contributed by atoms with Crippen LogP contribution in [0, 0.1) is 10.4 Å². The molecule has 0 saturated heterocycles. The maximum Gasteiger partial charge on any atom is -0.00138 e. The van der Waals surface area contributed by atoms with E-state index in [-0.39, 0.29) is 0 Å². The molecule has 0 amide bonds. The molecular formula is C29H18. The minimum absolute atomic E-state index is 0.999. The molecule has 0 aromatic heterocycles. The number of allylic oxidation sites excluding steroid dienone is 2. The summed E-state index contributed by atoms with van der Waals surface area (Å²) in [5, 5.41) is 13.7. The van der Waals surface area contributed by atoms with E-state index in [2.05, 4.69) is 97.1 Å². The molecular weight excluding hydrogens is 348 g/mol. The lowest BCUT2D eigenvalue weighted by Crippen LogP contribution is -2.14. The second-order valence-electron chi connectivity index (χ2n) is 8.05. The molecule has 0 atom stereocenters. The van der Waals surface area contributed by atoms with E-state index in [0.29, 0.717) is 0 Å². The molecule has 0 nitrogen and oxygen atoms in total. The van der Waals surface area contributed by atoms with E-state index in [9.17, 15) is 0 Å². The molecule has 2 aliphatic rings. The van der Waals surface area contributed by atoms with E-state index in [1.54, 1.807) is 0 Å². The molecule has 0 radical (unpaired) electrons. The summed E-state index contributed by atoms with van der Waals surface area (Å²) < 4.78 is 0. The summed E-state index contributed by atoms with van der Waals surface area (Å²) in [5.74, 6) is 0. The van der Waals surface area contributed by atoms with Crippen molar-refractivity contribution in [1.29, 1.82) is 0 Å². The van der Waals surface area contributed by atoms with Crippen molar-refractivity contribution in [2.24, 2.45) is 0 Å². The Bertz CT molecular complexity index is 1770. The maximum atomic E-state index is 2.46. The summed E-state index contributed by atoms with van der Waals surface area (Å²) in [4.78, 5) is 0. The summed E-state index contributed by atoms with van der Waals surface area (Å²) in [6, 6.07) is 26.7. The van der Waals surface area contributed by atoms with Gasteiger partial charge in [-0.25, -0.2) is 0 Å². The molecule has 0 N–H and O–H groups in total. The highest BCUT2D eigenvalue weighted by molar-refractivity contribution is 6.09. The van der Waals surface area contributed by atoms with E-state index < -0.39 is 0 Å². The Hall–Kier alpha value is -3.64. The SMILES string of the molecule is C1=CCc2c3c(c4ccccc4c2=C1)=c1c(c2ccccc2c2ccccc12)=C3. The Balaban J connectivity index is 1.94. The number of hydrogen-bond donors (Lipinski definition) is 0. The van der Waals surface area contributed by atoms with Gasteiger partial charge in [0, 0.05) is 0 Å². The average Bonchev–Trinajstić information content (AvgIpc) is 3.21. The standard InChI is InChI=1S/C29H18/c1-3-13-22-18(9-1)20-11-5-7-15-24(20)28-26(22)17-27-23-14-4-2-10-19(23)21-12-6-8-16-25(21)29(27)28/h1-13,15-17H,14H2. The van der Waals surface area contributed by atoms with Gasteiger partial charge in [0.05, 0.1) is 0 Å². The lowest BCUT2D eigenvalue weighted by Gasteiger charge is -2.12. The number of rotatable bonds is 0. The number of benzene rings is 5. The van der Waals surface area contributed by atoms with Gasteiger partial charge in [0.2, 0.25) is 0 Å². The van der Waals surface area contributed by atoms with Crippen LogP contribution in [0.4, 0.5) is 0 Å². The molecule has 7 rings (SSSR count). The van der Waals surface area contributed by atoms with Crippen molar-refractivity contribution >= 4 is 44.5 Å². The highest BCUT2D eigenvalue weighted by Gasteiger charge is 2.17. The molecule has 0 heterocycles. The highest BCUT2D eigenvalue weighted by Crippen LogP contribution is 2.30.